The lowest BCUT2D eigenvalue weighted by Crippen LogP contribution is -2.01. The molecule has 0 fully saturated rings. The summed E-state index contributed by atoms with van der Waals surface area (Å²) in [4.78, 5) is 0. The van der Waals surface area contributed by atoms with E-state index in [0.717, 1.165) is 18.4 Å². The second kappa shape index (κ2) is 1.98. The Morgan fingerprint density at radius 1 is 1.50 bits per heavy atom. The Morgan fingerprint density at radius 2 is 2.40 bits per heavy atom. The summed E-state index contributed by atoms with van der Waals surface area (Å²) < 4.78 is 0. The average molecular weight is 131 g/mol. The first kappa shape index (κ1) is 5.73. The van der Waals surface area contributed by atoms with Gasteiger partial charge >= 0.3 is 0 Å². The predicted octanol–water partition coefficient (Wildman–Crippen LogP) is 2.03. The van der Waals surface area contributed by atoms with E-state index in [1.54, 1.807) is 0 Å². The number of fused-ring (bicyclic) bond motifs is 1. The van der Waals surface area contributed by atoms with Gasteiger partial charge in [-0.2, -0.15) is 5.26 Å². The first-order chi connectivity index (χ1) is 4.92. The van der Waals surface area contributed by atoms with Crippen molar-refractivity contribution in [3.05, 3.63) is 23.8 Å². The summed E-state index contributed by atoms with van der Waals surface area (Å²) in [5, 5.41) is 8.67. The van der Waals surface area contributed by atoms with Gasteiger partial charge in [0, 0.05) is 11.5 Å². The standard InChI is InChI=1S/C9H9N/c10-6-8-5-4-7-2-1-3-9(7)8/h1-2,5,7,9H,3-4H2. The Bertz CT molecular complexity index is 242. The Balaban J connectivity index is 2.23. The third-order valence-electron chi connectivity index (χ3n) is 2.43. The maximum atomic E-state index is 8.67. The third-order valence-corrected chi connectivity index (χ3v) is 2.43. The molecular weight excluding hydrogens is 122 g/mol. The Labute approximate surface area is 60.7 Å². The fourth-order valence-corrected chi connectivity index (χ4v) is 1.85. The number of allylic oxidation sites excluding steroid dienone is 4. The molecule has 0 N–H and O–H groups in total. The second-order valence-electron chi connectivity index (χ2n) is 2.94. The zero-order valence-corrected chi connectivity index (χ0v) is 5.75. The number of hydrogen-bond acceptors (Lipinski definition) is 1. The van der Waals surface area contributed by atoms with E-state index in [2.05, 4.69) is 24.3 Å². The fraction of sp³-hybridized carbons (Fsp3) is 0.444. The van der Waals surface area contributed by atoms with Crippen LogP contribution in [-0.4, -0.2) is 0 Å². The highest BCUT2D eigenvalue weighted by molar-refractivity contribution is 5.33. The van der Waals surface area contributed by atoms with Gasteiger partial charge in [0.2, 0.25) is 0 Å². The zero-order chi connectivity index (χ0) is 6.97. The van der Waals surface area contributed by atoms with Gasteiger partial charge in [-0.1, -0.05) is 18.2 Å². The quantitative estimate of drug-likeness (QED) is 0.461. The molecule has 2 atom stereocenters. The molecule has 0 aromatic heterocycles. The van der Waals surface area contributed by atoms with Gasteiger partial charge in [-0.05, 0) is 18.8 Å². The average Bonchev–Trinajstić information content (AvgIpc) is 2.44. The molecule has 0 aromatic carbocycles. The van der Waals surface area contributed by atoms with Crippen LogP contribution in [-0.2, 0) is 0 Å². The van der Waals surface area contributed by atoms with Crippen molar-refractivity contribution in [2.75, 3.05) is 0 Å². The minimum absolute atomic E-state index is 0.546. The molecule has 0 spiro atoms. The molecule has 0 aliphatic heterocycles. The van der Waals surface area contributed by atoms with Crippen LogP contribution in [0.15, 0.2) is 23.8 Å². The first-order valence-electron chi connectivity index (χ1n) is 3.68. The van der Waals surface area contributed by atoms with Gasteiger partial charge in [0.25, 0.3) is 0 Å². The van der Waals surface area contributed by atoms with E-state index in [9.17, 15) is 0 Å². The summed E-state index contributed by atoms with van der Waals surface area (Å²) in [6.07, 6.45) is 8.69. The van der Waals surface area contributed by atoms with Crippen LogP contribution in [0.4, 0.5) is 0 Å². The van der Waals surface area contributed by atoms with Gasteiger partial charge in [0.05, 0.1) is 6.07 Å². The normalized spacial score (nSPS) is 35.3. The van der Waals surface area contributed by atoms with E-state index in [-0.39, 0.29) is 0 Å². The Kier molecular flexibility index (Phi) is 1.14. The van der Waals surface area contributed by atoms with Crippen molar-refractivity contribution >= 4 is 0 Å². The molecule has 0 radical (unpaired) electrons. The van der Waals surface area contributed by atoms with E-state index < -0.39 is 0 Å². The van der Waals surface area contributed by atoms with Gasteiger partial charge in [-0.25, -0.2) is 0 Å². The molecule has 0 aromatic rings. The van der Waals surface area contributed by atoms with Gasteiger partial charge in [0.15, 0.2) is 0 Å². The molecule has 0 saturated heterocycles. The molecular formula is C9H9N. The second-order valence-corrected chi connectivity index (χ2v) is 2.94. The van der Waals surface area contributed by atoms with Crippen LogP contribution in [0.3, 0.4) is 0 Å². The summed E-state index contributed by atoms with van der Waals surface area (Å²) in [5.41, 5.74) is 1.01. The van der Waals surface area contributed by atoms with Gasteiger partial charge in [-0.15, -0.1) is 0 Å². The summed E-state index contributed by atoms with van der Waals surface area (Å²) in [6, 6.07) is 2.26. The van der Waals surface area contributed by atoms with Crippen molar-refractivity contribution in [1.29, 1.82) is 5.26 Å². The number of nitrogens with zero attached hydrogens (tertiary/aromatic N) is 1. The van der Waals surface area contributed by atoms with E-state index >= 15 is 0 Å². The molecule has 0 bridgehead atoms. The highest BCUT2D eigenvalue weighted by Crippen LogP contribution is 2.39. The largest absolute Gasteiger partial charge is 0.193 e. The van der Waals surface area contributed by atoms with Crippen LogP contribution in [0.5, 0.6) is 0 Å². The molecule has 2 unspecified atom stereocenters. The van der Waals surface area contributed by atoms with E-state index in [1.807, 2.05) is 0 Å². The van der Waals surface area contributed by atoms with Crippen LogP contribution < -0.4 is 0 Å². The van der Waals surface area contributed by atoms with Crippen LogP contribution in [0.2, 0.25) is 0 Å². The molecule has 2 aliphatic rings. The topological polar surface area (TPSA) is 23.8 Å². The van der Waals surface area contributed by atoms with E-state index in [4.69, 9.17) is 5.26 Å². The van der Waals surface area contributed by atoms with E-state index in [1.165, 1.54) is 0 Å². The molecule has 1 heteroatoms. The van der Waals surface area contributed by atoms with Crippen molar-refractivity contribution in [2.45, 2.75) is 12.8 Å². The lowest BCUT2D eigenvalue weighted by Gasteiger charge is -2.07. The number of hydrogen-bond donors (Lipinski definition) is 0. The van der Waals surface area contributed by atoms with Gasteiger partial charge in [0.1, 0.15) is 0 Å². The Hall–Kier alpha value is -1.03. The van der Waals surface area contributed by atoms with Crippen molar-refractivity contribution < 1.29 is 0 Å². The third kappa shape index (κ3) is 0.623. The van der Waals surface area contributed by atoms with Crippen molar-refractivity contribution in [3.8, 4) is 6.07 Å². The van der Waals surface area contributed by atoms with Crippen LogP contribution in [0.1, 0.15) is 12.8 Å². The molecule has 2 rings (SSSR count). The molecule has 1 nitrogen and oxygen atoms in total. The van der Waals surface area contributed by atoms with Crippen LogP contribution in [0, 0.1) is 23.2 Å². The minimum atomic E-state index is 0.546. The van der Waals surface area contributed by atoms with Gasteiger partial charge in [-0.3, -0.25) is 0 Å². The molecule has 10 heavy (non-hydrogen) atoms. The lowest BCUT2D eigenvalue weighted by molar-refractivity contribution is 0.539. The molecule has 2 aliphatic carbocycles. The summed E-state index contributed by atoms with van der Waals surface area (Å²) >= 11 is 0. The highest BCUT2D eigenvalue weighted by Gasteiger charge is 2.29. The first-order valence-corrected chi connectivity index (χ1v) is 3.68. The number of nitriles is 1. The summed E-state index contributed by atoms with van der Waals surface area (Å²) in [6.45, 7) is 0. The molecule has 0 heterocycles. The van der Waals surface area contributed by atoms with Crippen molar-refractivity contribution in [3.63, 3.8) is 0 Å². The lowest BCUT2D eigenvalue weighted by atomic mass is 9.95. The summed E-state index contributed by atoms with van der Waals surface area (Å²) in [7, 11) is 0. The zero-order valence-electron chi connectivity index (χ0n) is 5.75. The molecule has 50 valence electrons. The van der Waals surface area contributed by atoms with E-state index in [0.29, 0.717) is 11.8 Å². The SMILES string of the molecule is N#CC1=CCC2C=CCC12. The fourth-order valence-electron chi connectivity index (χ4n) is 1.85. The van der Waals surface area contributed by atoms with Crippen molar-refractivity contribution in [2.24, 2.45) is 11.8 Å². The predicted molar refractivity (Wildman–Crippen MR) is 39.1 cm³/mol. The maximum absolute atomic E-state index is 8.67. The van der Waals surface area contributed by atoms with Crippen LogP contribution >= 0.6 is 0 Å². The monoisotopic (exact) mass is 131 g/mol. The Morgan fingerprint density at radius 3 is 3.20 bits per heavy atom. The number of rotatable bonds is 0. The highest BCUT2D eigenvalue weighted by atomic mass is 14.4. The summed E-state index contributed by atoms with van der Waals surface area (Å²) in [5.74, 6) is 1.21. The van der Waals surface area contributed by atoms with Crippen molar-refractivity contribution in [1.82, 2.24) is 0 Å². The molecule has 0 saturated carbocycles. The maximum Gasteiger partial charge on any atom is 0.0947 e. The minimum Gasteiger partial charge on any atom is -0.193 e. The van der Waals surface area contributed by atoms with Crippen LogP contribution in [0.25, 0.3) is 0 Å². The molecule has 0 amide bonds. The smallest absolute Gasteiger partial charge is 0.0947 e. The van der Waals surface area contributed by atoms with Gasteiger partial charge < -0.3 is 0 Å².